The fraction of sp³-hybridized carbons (Fsp3) is 0. The van der Waals surface area contributed by atoms with Crippen molar-refractivity contribution in [3.8, 4) is 139 Å². The Hall–Kier alpha value is -16.4. The van der Waals surface area contributed by atoms with Gasteiger partial charge in [0.05, 0.1) is 0 Å². The molecule has 0 aliphatic carbocycles. The van der Waals surface area contributed by atoms with Crippen LogP contribution in [0.15, 0.2) is 331 Å². The molecule has 0 aliphatic heterocycles. The van der Waals surface area contributed by atoms with Crippen molar-refractivity contribution in [1.82, 2.24) is 89.7 Å². The summed E-state index contributed by atoms with van der Waals surface area (Å²) in [7, 11) is 0. The van der Waals surface area contributed by atoms with Crippen molar-refractivity contribution >= 4 is 0 Å². The average Bonchev–Trinajstić information content (AvgIpc) is 0.814. The van der Waals surface area contributed by atoms with Crippen LogP contribution >= 0.6 is 0 Å². The van der Waals surface area contributed by atoms with Gasteiger partial charge in [-0.1, -0.05) is 53.3 Å². The molecule has 0 aliphatic rings. The predicted molar refractivity (Wildman–Crippen MR) is 413 cm³/mol. The molecule has 16 rings (SSSR count). The molecule has 0 N–H and O–H groups in total. The molecule has 0 saturated carbocycles. The van der Waals surface area contributed by atoms with Crippen molar-refractivity contribution in [2.75, 3.05) is 0 Å². The largest absolute Gasteiger partial charge is 0.265 e. The quantitative estimate of drug-likeness (QED) is 0.141. The Morgan fingerprint density at radius 2 is 0.287 bits per heavy atom. The Morgan fingerprint density at radius 1 is 0.130 bits per heavy atom. The van der Waals surface area contributed by atoms with Crippen molar-refractivity contribution in [2.24, 2.45) is 0 Å². The lowest BCUT2D eigenvalue weighted by Gasteiger charge is -2.11. The van der Waals surface area contributed by atoms with E-state index < -0.39 is 0 Å². The Kier molecular flexibility index (Phi) is 24.2. The molecule has 0 saturated heterocycles. The fourth-order valence-corrected chi connectivity index (χ4v) is 9.84. The molecule has 0 bridgehead atoms. The number of nitrogens with zero attached hydrogens (tertiary/aromatic N) is 18. The minimum absolute atomic E-state index is 0.292. The topological polar surface area (TPSA) is 232 Å². The lowest BCUT2D eigenvalue weighted by molar-refractivity contribution is 0.976. The van der Waals surface area contributed by atoms with Crippen LogP contribution in [0.5, 0.6) is 0 Å². The molecule has 0 fully saturated rings. The number of benzene rings is 2. The van der Waals surface area contributed by atoms with Gasteiger partial charge in [0.25, 0.3) is 0 Å². The second-order valence-corrected chi connectivity index (χ2v) is 22.5. The Morgan fingerprint density at radius 3 is 0.481 bits per heavy atom. The zero-order chi connectivity index (χ0) is 73.3. The molecule has 0 radical (unpaired) electrons. The molecule has 0 amide bonds. The van der Waals surface area contributed by atoms with Gasteiger partial charge in [-0.3, -0.25) is 59.8 Å². The molecule has 18 heteroatoms. The van der Waals surface area contributed by atoms with Crippen LogP contribution in [0.1, 0.15) is 67.5 Å². The van der Waals surface area contributed by atoms with Crippen molar-refractivity contribution in [3.05, 3.63) is 398 Å². The lowest BCUT2D eigenvalue weighted by atomic mass is 9.94. The number of rotatable bonds is 6. The van der Waals surface area contributed by atoms with E-state index in [0.717, 1.165) is 83.5 Å². The highest BCUT2D eigenvalue weighted by molar-refractivity contribution is 5.81. The van der Waals surface area contributed by atoms with Gasteiger partial charge < -0.3 is 0 Å². The Labute approximate surface area is 623 Å². The van der Waals surface area contributed by atoms with Crippen LogP contribution in [0.25, 0.3) is 67.5 Å². The van der Waals surface area contributed by atoms with Gasteiger partial charge in [0, 0.05) is 215 Å². The van der Waals surface area contributed by atoms with Gasteiger partial charge in [0.1, 0.15) is 0 Å². The first-order valence-corrected chi connectivity index (χ1v) is 33.3. The summed E-state index contributed by atoms with van der Waals surface area (Å²) in [5.74, 6) is 39.6. The average molecular weight is 1390 g/mol. The summed E-state index contributed by atoms with van der Waals surface area (Å²) in [6.07, 6.45) is 41.7. The van der Waals surface area contributed by atoms with Gasteiger partial charge >= 0.3 is 0 Å². The molecule has 504 valence electrons. The highest BCUT2D eigenvalue weighted by Gasteiger charge is 2.13. The first kappa shape index (κ1) is 70.1. The van der Waals surface area contributed by atoms with Crippen LogP contribution in [0.4, 0.5) is 0 Å². The van der Waals surface area contributed by atoms with E-state index in [1.807, 2.05) is 201 Å². The maximum Gasteiger partial charge on any atom is 0.210 e. The summed E-state index contributed by atoms with van der Waals surface area (Å²) < 4.78 is 0. The molecule has 0 atom stereocenters. The zero-order valence-corrected chi connectivity index (χ0v) is 57.2. The molecule has 108 heavy (non-hydrogen) atoms. The molecule has 14 heterocycles. The smallest absolute Gasteiger partial charge is 0.210 e. The third-order valence-corrected chi connectivity index (χ3v) is 15.1. The molecular formula is C90H54N18. The van der Waals surface area contributed by atoms with Crippen LogP contribution in [-0.4, -0.2) is 89.7 Å². The van der Waals surface area contributed by atoms with Crippen LogP contribution in [0, 0.1) is 71.0 Å². The third-order valence-electron chi connectivity index (χ3n) is 15.1. The first-order chi connectivity index (χ1) is 53.5. The van der Waals surface area contributed by atoms with Gasteiger partial charge in [0.15, 0.2) is 17.5 Å². The minimum atomic E-state index is 0.292. The first-order valence-electron chi connectivity index (χ1n) is 33.3. The number of pyridine rings is 12. The summed E-state index contributed by atoms with van der Waals surface area (Å²) in [4.78, 5) is 75.3. The third kappa shape index (κ3) is 21.3. The predicted octanol–water partition coefficient (Wildman–Crippen LogP) is 14.3. The van der Waals surface area contributed by atoms with E-state index >= 15 is 0 Å². The van der Waals surface area contributed by atoms with Gasteiger partial charge in [-0.25, -0.2) is 15.0 Å². The van der Waals surface area contributed by atoms with E-state index in [2.05, 4.69) is 179 Å². The van der Waals surface area contributed by atoms with E-state index in [-0.39, 0.29) is 0 Å². The second kappa shape index (κ2) is 37.3. The van der Waals surface area contributed by atoms with Gasteiger partial charge in [-0.15, -0.1) is 0 Å². The highest BCUT2D eigenvalue weighted by atomic mass is 15.0. The lowest BCUT2D eigenvalue weighted by Crippen LogP contribution is -2.01. The van der Waals surface area contributed by atoms with E-state index in [9.17, 15) is 0 Å². The molecule has 18 nitrogen and oxygen atoms in total. The fourth-order valence-electron chi connectivity index (χ4n) is 9.84. The zero-order valence-electron chi connectivity index (χ0n) is 57.2. The maximum atomic E-state index is 4.61. The van der Waals surface area contributed by atoms with Crippen molar-refractivity contribution in [3.63, 3.8) is 0 Å². The number of hydrogen-bond donors (Lipinski definition) is 0. The van der Waals surface area contributed by atoms with Crippen LogP contribution < -0.4 is 0 Å². The van der Waals surface area contributed by atoms with Gasteiger partial charge in [-0.05, 0) is 233 Å². The number of aromatic nitrogens is 18. The maximum absolute atomic E-state index is 4.61. The molecule has 0 spiro atoms. The summed E-state index contributed by atoms with van der Waals surface area (Å²) in [6.45, 7) is 0. The van der Waals surface area contributed by atoms with Crippen LogP contribution in [0.3, 0.4) is 0 Å². The number of hydrogen-bond acceptors (Lipinski definition) is 18. The molecule has 2 aromatic carbocycles. The van der Waals surface area contributed by atoms with Crippen molar-refractivity contribution in [2.45, 2.75) is 0 Å². The van der Waals surface area contributed by atoms with Crippen molar-refractivity contribution in [1.29, 1.82) is 0 Å². The van der Waals surface area contributed by atoms with E-state index in [1.54, 1.807) is 112 Å². The highest BCUT2D eigenvalue weighted by Crippen LogP contribution is 2.33. The van der Waals surface area contributed by atoms with Gasteiger partial charge in [-0.2, -0.15) is 15.0 Å². The van der Waals surface area contributed by atoms with Gasteiger partial charge in [0.2, 0.25) is 17.5 Å². The molecule has 0 unspecified atom stereocenters. The monoisotopic (exact) mass is 1390 g/mol. The Bertz CT molecular complexity index is 5020. The summed E-state index contributed by atoms with van der Waals surface area (Å²) in [6, 6.07) is 58.1. The summed E-state index contributed by atoms with van der Waals surface area (Å²) in [5.41, 5.74) is 17.3. The normalized spacial score (nSPS) is 9.78. The minimum Gasteiger partial charge on any atom is -0.265 e. The van der Waals surface area contributed by atoms with E-state index in [0.29, 0.717) is 34.9 Å². The molecule has 16 aromatic rings. The summed E-state index contributed by atoms with van der Waals surface area (Å²) in [5, 5.41) is 0. The standard InChI is InChI=1S/C27H15N3.C24H12N6.C21H15N3.C18H12N6/c1(22-7-13-28-14-8-22)4-25-19-26(5-2-23-9-15-29-16-10-23)21-27(20-25)6-3-24-11-17-30-18-12-24;1(19-7-13-25-14-8-19)4-22-28-23(5-2-20-9-15-26-16-10-20)30-24(29-22)6-3-21-11-17-27-18-12-21;1-7-22-8-2-16(1)19-13-20(17-3-9-23-10-4-17)15-21(14-19)18-5-11-24-12-6-18;1-7-19-8-2-13(1)16-22-17(14-3-9-20-10-4-14)24-18(23-16)15-5-11-21-12-6-15/h7-21H;7-18H;1-15H;1-12H. The molecular weight excluding hydrogens is 1330 g/mol. The van der Waals surface area contributed by atoms with Crippen LogP contribution in [0.2, 0.25) is 0 Å². The van der Waals surface area contributed by atoms with Crippen LogP contribution in [-0.2, 0) is 0 Å². The summed E-state index contributed by atoms with van der Waals surface area (Å²) >= 11 is 0. The van der Waals surface area contributed by atoms with Crippen molar-refractivity contribution < 1.29 is 0 Å². The molecule has 14 aromatic heterocycles. The second-order valence-electron chi connectivity index (χ2n) is 22.5. The van der Waals surface area contributed by atoms with E-state index in [4.69, 9.17) is 0 Å². The Balaban J connectivity index is 0.000000128. The van der Waals surface area contributed by atoms with E-state index in [1.165, 1.54) is 16.7 Å². The SMILES string of the molecule is C(#Cc1cc(C#Cc2ccncc2)cc(C#Cc2ccncc2)c1)c1ccncc1.C(#Cc1nc(C#Cc2ccncc2)nc(C#Cc2ccncc2)n1)c1ccncc1.c1cc(-c2cc(-c3ccncc3)cc(-c3ccncc3)c2)ccn1.c1cc(-c2nc(-c3ccncc3)nc(-c3ccncc3)n2)ccn1.